The van der Waals surface area contributed by atoms with Gasteiger partial charge in [-0.15, -0.1) is 0 Å². The van der Waals surface area contributed by atoms with Gasteiger partial charge in [-0.25, -0.2) is 4.98 Å². The van der Waals surface area contributed by atoms with E-state index in [4.69, 9.17) is 21.1 Å². The third kappa shape index (κ3) is 3.80. The number of nitrogens with one attached hydrogen (secondary N) is 2. The van der Waals surface area contributed by atoms with Gasteiger partial charge in [0.1, 0.15) is 16.7 Å². The SMILES string of the molecule is Clc1cc(Nc2cc(C3CC3)[nH]n2)nc(N2CCC[C@H]2c2cc(-c3ccccn3)no2)n1. The van der Waals surface area contributed by atoms with Gasteiger partial charge < -0.3 is 14.7 Å². The summed E-state index contributed by atoms with van der Waals surface area (Å²) in [5.74, 6) is 3.25. The van der Waals surface area contributed by atoms with Crippen LogP contribution >= 0.6 is 11.6 Å². The first-order valence-corrected chi connectivity index (χ1v) is 11.1. The van der Waals surface area contributed by atoms with Crippen LogP contribution in [-0.4, -0.2) is 36.9 Å². The van der Waals surface area contributed by atoms with Crippen LogP contribution in [-0.2, 0) is 0 Å². The summed E-state index contributed by atoms with van der Waals surface area (Å²) in [4.78, 5) is 15.7. The van der Waals surface area contributed by atoms with Crippen LogP contribution in [0.15, 0.2) is 47.1 Å². The van der Waals surface area contributed by atoms with Crippen LogP contribution in [0.4, 0.5) is 17.6 Å². The third-order valence-electron chi connectivity index (χ3n) is 5.85. The second-order valence-electron chi connectivity index (χ2n) is 8.16. The Hall–Kier alpha value is -3.46. The molecule has 0 amide bonds. The first-order valence-electron chi connectivity index (χ1n) is 10.7. The van der Waals surface area contributed by atoms with Crippen molar-refractivity contribution in [2.24, 2.45) is 0 Å². The molecule has 10 heteroatoms. The molecule has 0 unspecified atom stereocenters. The van der Waals surface area contributed by atoms with Crippen molar-refractivity contribution in [3.63, 3.8) is 0 Å². The summed E-state index contributed by atoms with van der Waals surface area (Å²) >= 11 is 6.35. The smallest absolute Gasteiger partial charge is 0.229 e. The maximum Gasteiger partial charge on any atom is 0.229 e. The van der Waals surface area contributed by atoms with Gasteiger partial charge >= 0.3 is 0 Å². The maximum absolute atomic E-state index is 6.35. The van der Waals surface area contributed by atoms with E-state index in [0.29, 0.717) is 28.5 Å². The average molecular weight is 449 g/mol. The fraction of sp³-hybridized carbons (Fsp3) is 0.318. The highest BCUT2D eigenvalue weighted by Crippen LogP contribution is 2.40. The first kappa shape index (κ1) is 19.2. The van der Waals surface area contributed by atoms with Gasteiger partial charge in [0, 0.05) is 42.6 Å². The molecular formula is C22H21ClN8O. The number of anilines is 3. The van der Waals surface area contributed by atoms with E-state index in [1.54, 1.807) is 12.3 Å². The topological polar surface area (TPSA) is 109 Å². The number of hydrogen-bond acceptors (Lipinski definition) is 8. The lowest BCUT2D eigenvalue weighted by Crippen LogP contribution is -2.24. The summed E-state index contributed by atoms with van der Waals surface area (Å²) in [5, 5.41) is 15.3. The molecule has 0 bridgehead atoms. The normalized spacial score (nSPS) is 18.3. The molecule has 162 valence electrons. The Labute approximate surface area is 189 Å². The highest BCUT2D eigenvalue weighted by molar-refractivity contribution is 6.29. The van der Waals surface area contributed by atoms with Crippen LogP contribution in [0.25, 0.3) is 11.4 Å². The lowest BCUT2D eigenvalue weighted by Gasteiger charge is -2.23. The summed E-state index contributed by atoms with van der Waals surface area (Å²) in [7, 11) is 0. The molecule has 9 nitrogen and oxygen atoms in total. The van der Waals surface area contributed by atoms with E-state index >= 15 is 0 Å². The zero-order valence-corrected chi connectivity index (χ0v) is 18.0. The number of nitrogens with zero attached hydrogens (tertiary/aromatic N) is 6. The van der Waals surface area contributed by atoms with Gasteiger partial charge in [-0.1, -0.05) is 22.8 Å². The quantitative estimate of drug-likeness (QED) is 0.402. The van der Waals surface area contributed by atoms with Crippen molar-refractivity contribution >= 4 is 29.2 Å². The van der Waals surface area contributed by atoms with E-state index in [9.17, 15) is 0 Å². The average Bonchev–Trinajstić information content (AvgIpc) is 3.20. The molecule has 2 aliphatic rings. The van der Waals surface area contributed by atoms with Gasteiger partial charge in [0.25, 0.3) is 0 Å². The fourth-order valence-electron chi connectivity index (χ4n) is 4.12. The van der Waals surface area contributed by atoms with Crippen LogP contribution in [0.3, 0.4) is 0 Å². The molecule has 1 aliphatic heterocycles. The second kappa shape index (κ2) is 7.90. The molecule has 1 saturated heterocycles. The molecule has 2 N–H and O–H groups in total. The molecule has 0 aromatic carbocycles. The van der Waals surface area contributed by atoms with Gasteiger partial charge in [-0.2, -0.15) is 10.1 Å². The highest BCUT2D eigenvalue weighted by atomic mass is 35.5. The van der Waals surface area contributed by atoms with Crippen LogP contribution in [0, 0.1) is 0 Å². The summed E-state index contributed by atoms with van der Waals surface area (Å²) in [6, 6.07) is 11.4. The molecule has 1 aliphatic carbocycles. The summed E-state index contributed by atoms with van der Waals surface area (Å²) in [6.45, 7) is 0.804. The standard InChI is InChI=1S/C22H21ClN8O/c23-19-12-20(26-21-11-15(28-29-21)13-6-7-13)27-22(25-19)31-9-3-5-17(31)18-10-16(30-32-18)14-4-1-2-8-24-14/h1-2,4,8,10-13,17H,3,5-7,9H2,(H2,25,26,27,28,29)/t17-/m0/s1. The van der Waals surface area contributed by atoms with Gasteiger partial charge in [-0.3, -0.25) is 10.1 Å². The number of hydrogen-bond donors (Lipinski definition) is 2. The van der Waals surface area contributed by atoms with Crippen LogP contribution in [0.2, 0.25) is 5.15 Å². The van der Waals surface area contributed by atoms with Gasteiger partial charge in [0.2, 0.25) is 5.95 Å². The predicted octanol–water partition coefficient (Wildman–Crippen LogP) is 4.87. The van der Waals surface area contributed by atoms with Crippen molar-refractivity contribution < 1.29 is 4.52 Å². The van der Waals surface area contributed by atoms with Gasteiger partial charge in [-0.05, 0) is 37.8 Å². The van der Waals surface area contributed by atoms with Gasteiger partial charge in [0.05, 0.1) is 11.7 Å². The minimum absolute atomic E-state index is 0.0156. The van der Waals surface area contributed by atoms with Crippen molar-refractivity contribution in [1.29, 1.82) is 0 Å². The van der Waals surface area contributed by atoms with Crippen LogP contribution in [0.5, 0.6) is 0 Å². The fourth-order valence-corrected chi connectivity index (χ4v) is 4.30. The number of rotatable bonds is 6. The molecule has 2 fully saturated rings. The van der Waals surface area contributed by atoms with Crippen molar-refractivity contribution in [3.8, 4) is 11.4 Å². The minimum Gasteiger partial charge on any atom is -0.358 e. The van der Waals surface area contributed by atoms with Crippen molar-refractivity contribution in [3.05, 3.63) is 59.2 Å². The maximum atomic E-state index is 6.35. The Bertz CT molecular complexity index is 1240. The molecule has 4 aromatic rings. The van der Waals surface area contributed by atoms with E-state index in [-0.39, 0.29) is 6.04 Å². The zero-order valence-electron chi connectivity index (χ0n) is 17.2. The molecule has 4 aromatic heterocycles. The number of aromatic amines is 1. The predicted molar refractivity (Wildman–Crippen MR) is 120 cm³/mol. The Balaban J connectivity index is 1.25. The summed E-state index contributed by atoms with van der Waals surface area (Å²) in [6.07, 6.45) is 6.08. The molecule has 0 spiro atoms. The Kier molecular flexibility index (Phi) is 4.75. The van der Waals surface area contributed by atoms with Crippen molar-refractivity contribution in [2.45, 2.75) is 37.6 Å². The molecule has 1 atom stereocenters. The molecule has 5 heterocycles. The highest BCUT2D eigenvalue weighted by Gasteiger charge is 2.32. The lowest BCUT2D eigenvalue weighted by molar-refractivity contribution is 0.362. The van der Waals surface area contributed by atoms with E-state index in [1.807, 2.05) is 30.3 Å². The Morgan fingerprint density at radius 1 is 1.06 bits per heavy atom. The first-order chi connectivity index (χ1) is 15.7. The lowest BCUT2D eigenvalue weighted by atomic mass is 10.1. The summed E-state index contributed by atoms with van der Waals surface area (Å²) < 4.78 is 5.69. The number of aromatic nitrogens is 6. The van der Waals surface area contributed by atoms with E-state index in [0.717, 1.165) is 42.4 Å². The molecule has 0 radical (unpaired) electrons. The molecule has 1 saturated carbocycles. The van der Waals surface area contributed by atoms with Crippen LogP contribution in [0.1, 0.15) is 49.1 Å². The molecule has 6 rings (SSSR count). The van der Waals surface area contributed by atoms with Gasteiger partial charge in [0.15, 0.2) is 11.6 Å². The largest absolute Gasteiger partial charge is 0.358 e. The monoisotopic (exact) mass is 448 g/mol. The van der Waals surface area contributed by atoms with Crippen molar-refractivity contribution in [2.75, 3.05) is 16.8 Å². The number of halogens is 1. The van der Waals surface area contributed by atoms with E-state index in [2.05, 4.69) is 35.5 Å². The summed E-state index contributed by atoms with van der Waals surface area (Å²) in [5.41, 5.74) is 2.65. The van der Waals surface area contributed by atoms with Crippen molar-refractivity contribution in [1.82, 2.24) is 30.3 Å². The number of pyridine rings is 1. The zero-order chi connectivity index (χ0) is 21.5. The van der Waals surface area contributed by atoms with Crippen LogP contribution < -0.4 is 10.2 Å². The molecular weight excluding hydrogens is 428 g/mol. The van der Waals surface area contributed by atoms with E-state index in [1.165, 1.54) is 12.8 Å². The van der Waals surface area contributed by atoms with E-state index < -0.39 is 0 Å². The number of H-pyrrole nitrogens is 1. The second-order valence-corrected chi connectivity index (χ2v) is 8.55. The molecule has 32 heavy (non-hydrogen) atoms. The third-order valence-corrected chi connectivity index (χ3v) is 6.04. The Morgan fingerprint density at radius 3 is 2.84 bits per heavy atom. The Morgan fingerprint density at radius 2 is 2.00 bits per heavy atom. The minimum atomic E-state index is -0.0156.